The Morgan fingerprint density at radius 2 is 2.00 bits per heavy atom. The molecular weight excluding hydrogens is 260 g/mol. The van der Waals surface area contributed by atoms with Crippen LogP contribution in [0.2, 0.25) is 0 Å². The fourth-order valence-electron chi connectivity index (χ4n) is 1.39. The fourth-order valence-corrected chi connectivity index (χ4v) is 3.35. The van der Waals surface area contributed by atoms with Crippen molar-refractivity contribution in [2.45, 2.75) is 22.6 Å². The SMILES string of the molecule is CSc1ccc(C(C)C(=O)O)cc1S(C)(=O)=O. The lowest BCUT2D eigenvalue weighted by Gasteiger charge is -2.11. The van der Waals surface area contributed by atoms with Gasteiger partial charge in [0.05, 0.1) is 10.8 Å². The molecule has 1 N–H and O–H groups in total. The molecule has 1 atom stereocenters. The quantitative estimate of drug-likeness (QED) is 0.850. The highest BCUT2D eigenvalue weighted by molar-refractivity contribution is 7.99. The molecule has 0 spiro atoms. The molecule has 0 amide bonds. The highest BCUT2D eigenvalue weighted by Gasteiger charge is 2.19. The molecule has 1 aromatic carbocycles. The Bertz CT molecular complexity index is 534. The van der Waals surface area contributed by atoms with E-state index in [0.29, 0.717) is 10.5 Å². The van der Waals surface area contributed by atoms with Crippen LogP contribution in [0, 0.1) is 0 Å². The molecule has 0 saturated carbocycles. The van der Waals surface area contributed by atoms with Gasteiger partial charge in [-0.05, 0) is 30.9 Å². The zero-order valence-electron chi connectivity index (χ0n) is 9.80. The first-order valence-electron chi connectivity index (χ1n) is 4.88. The first-order valence-corrected chi connectivity index (χ1v) is 7.99. The van der Waals surface area contributed by atoms with E-state index < -0.39 is 21.7 Å². The van der Waals surface area contributed by atoms with Crippen LogP contribution < -0.4 is 0 Å². The van der Waals surface area contributed by atoms with Gasteiger partial charge in [-0.3, -0.25) is 4.79 Å². The number of carbonyl (C=O) groups is 1. The molecule has 0 fully saturated rings. The van der Waals surface area contributed by atoms with Crippen LogP contribution in [0.5, 0.6) is 0 Å². The molecule has 0 aliphatic carbocycles. The van der Waals surface area contributed by atoms with Crippen molar-refractivity contribution in [1.29, 1.82) is 0 Å². The van der Waals surface area contributed by atoms with E-state index in [-0.39, 0.29) is 4.90 Å². The van der Waals surface area contributed by atoms with Gasteiger partial charge in [-0.15, -0.1) is 11.8 Å². The molecule has 0 radical (unpaired) electrons. The monoisotopic (exact) mass is 274 g/mol. The normalized spacial score (nSPS) is 13.4. The number of hydrogen-bond donors (Lipinski definition) is 1. The maximum absolute atomic E-state index is 11.6. The molecular formula is C11H14O4S2. The Hall–Kier alpha value is -1.01. The van der Waals surface area contributed by atoms with Gasteiger partial charge >= 0.3 is 5.97 Å². The summed E-state index contributed by atoms with van der Waals surface area (Å²) in [6.07, 6.45) is 2.90. The van der Waals surface area contributed by atoms with Gasteiger partial charge in [-0.2, -0.15) is 0 Å². The smallest absolute Gasteiger partial charge is 0.310 e. The van der Waals surface area contributed by atoms with Gasteiger partial charge in [0.25, 0.3) is 0 Å². The number of thioether (sulfide) groups is 1. The van der Waals surface area contributed by atoms with E-state index in [4.69, 9.17) is 5.11 Å². The van der Waals surface area contributed by atoms with E-state index >= 15 is 0 Å². The standard InChI is InChI=1S/C11H14O4S2/c1-7(11(12)13)8-4-5-9(16-2)10(6-8)17(3,14)15/h4-7H,1-3H3,(H,12,13). The van der Waals surface area contributed by atoms with Crippen LogP contribution in [0.25, 0.3) is 0 Å². The van der Waals surface area contributed by atoms with E-state index in [1.807, 2.05) is 0 Å². The molecule has 1 unspecified atom stereocenters. The van der Waals surface area contributed by atoms with Crippen molar-refractivity contribution in [1.82, 2.24) is 0 Å². The molecule has 17 heavy (non-hydrogen) atoms. The number of sulfone groups is 1. The van der Waals surface area contributed by atoms with Crippen molar-refractivity contribution in [3.05, 3.63) is 23.8 Å². The number of aliphatic carboxylic acids is 1. The van der Waals surface area contributed by atoms with Crippen LogP contribution in [0.15, 0.2) is 28.0 Å². The number of benzene rings is 1. The van der Waals surface area contributed by atoms with Crippen molar-refractivity contribution in [3.8, 4) is 0 Å². The van der Waals surface area contributed by atoms with Crippen molar-refractivity contribution in [3.63, 3.8) is 0 Å². The predicted molar refractivity (Wildman–Crippen MR) is 67.4 cm³/mol. The predicted octanol–water partition coefficient (Wildman–Crippen LogP) is 2.00. The fraction of sp³-hybridized carbons (Fsp3) is 0.364. The molecule has 0 saturated heterocycles. The molecule has 1 rings (SSSR count). The lowest BCUT2D eigenvalue weighted by Crippen LogP contribution is -2.09. The van der Waals surface area contributed by atoms with Crippen LogP contribution in [0.3, 0.4) is 0 Å². The maximum atomic E-state index is 11.6. The number of carboxylic acid groups (broad SMARTS) is 1. The third-order valence-corrected chi connectivity index (χ3v) is 4.52. The zero-order chi connectivity index (χ0) is 13.2. The summed E-state index contributed by atoms with van der Waals surface area (Å²) < 4.78 is 23.2. The van der Waals surface area contributed by atoms with Crippen LogP contribution in [-0.4, -0.2) is 32.0 Å². The third-order valence-electron chi connectivity index (χ3n) is 2.46. The van der Waals surface area contributed by atoms with E-state index in [1.54, 1.807) is 18.4 Å². The summed E-state index contributed by atoms with van der Waals surface area (Å²) >= 11 is 1.32. The van der Waals surface area contributed by atoms with Crippen molar-refractivity contribution in [2.75, 3.05) is 12.5 Å². The Labute approximate surface area is 105 Å². The van der Waals surface area contributed by atoms with Gasteiger partial charge in [0.2, 0.25) is 0 Å². The second-order valence-electron chi connectivity index (χ2n) is 3.74. The first kappa shape index (κ1) is 14.1. The number of rotatable bonds is 4. The van der Waals surface area contributed by atoms with Gasteiger partial charge < -0.3 is 5.11 Å². The second kappa shape index (κ2) is 5.10. The number of hydrogen-bond acceptors (Lipinski definition) is 4. The zero-order valence-corrected chi connectivity index (χ0v) is 11.4. The Balaban J connectivity index is 3.38. The minimum atomic E-state index is -3.34. The molecule has 1 aromatic rings. The van der Waals surface area contributed by atoms with Crippen LogP contribution in [0.1, 0.15) is 18.4 Å². The molecule has 0 aliphatic rings. The van der Waals surface area contributed by atoms with Gasteiger partial charge in [-0.1, -0.05) is 6.07 Å². The minimum absolute atomic E-state index is 0.190. The summed E-state index contributed by atoms with van der Waals surface area (Å²) in [6.45, 7) is 1.53. The number of carboxylic acids is 1. The topological polar surface area (TPSA) is 71.4 Å². The van der Waals surface area contributed by atoms with Crippen molar-refractivity contribution >= 4 is 27.6 Å². The van der Waals surface area contributed by atoms with Crippen LogP contribution in [0.4, 0.5) is 0 Å². The average molecular weight is 274 g/mol. The van der Waals surface area contributed by atoms with E-state index in [1.165, 1.54) is 24.8 Å². The summed E-state index contributed by atoms with van der Waals surface area (Å²) in [5, 5.41) is 8.90. The van der Waals surface area contributed by atoms with Gasteiger partial charge in [0, 0.05) is 11.2 Å². The molecule has 0 bridgehead atoms. The Morgan fingerprint density at radius 1 is 1.41 bits per heavy atom. The van der Waals surface area contributed by atoms with Crippen molar-refractivity contribution in [2.24, 2.45) is 0 Å². The average Bonchev–Trinajstić information content (AvgIpc) is 2.25. The molecule has 0 aliphatic heterocycles. The highest BCUT2D eigenvalue weighted by Crippen LogP contribution is 2.28. The molecule has 0 heterocycles. The summed E-state index contributed by atoms with van der Waals surface area (Å²) in [4.78, 5) is 11.7. The van der Waals surface area contributed by atoms with Gasteiger partial charge in [0.1, 0.15) is 0 Å². The second-order valence-corrected chi connectivity index (χ2v) is 6.57. The van der Waals surface area contributed by atoms with Crippen LogP contribution >= 0.6 is 11.8 Å². The molecule has 0 aromatic heterocycles. The van der Waals surface area contributed by atoms with E-state index in [0.717, 1.165) is 6.26 Å². The lowest BCUT2D eigenvalue weighted by atomic mass is 10.0. The summed E-state index contributed by atoms with van der Waals surface area (Å²) in [5.74, 6) is -1.69. The summed E-state index contributed by atoms with van der Waals surface area (Å²) in [6, 6.07) is 4.75. The molecule has 94 valence electrons. The minimum Gasteiger partial charge on any atom is -0.481 e. The molecule has 4 nitrogen and oxygen atoms in total. The molecule has 6 heteroatoms. The van der Waals surface area contributed by atoms with E-state index in [9.17, 15) is 13.2 Å². The van der Waals surface area contributed by atoms with Gasteiger partial charge in [0.15, 0.2) is 9.84 Å². The largest absolute Gasteiger partial charge is 0.481 e. The third kappa shape index (κ3) is 3.23. The van der Waals surface area contributed by atoms with Gasteiger partial charge in [-0.25, -0.2) is 8.42 Å². The van der Waals surface area contributed by atoms with E-state index in [2.05, 4.69) is 0 Å². The maximum Gasteiger partial charge on any atom is 0.310 e. The lowest BCUT2D eigenvalue weighted by molar-refractivity contribution is -0.138. The Morgan fingerprint density at radius 3 is 2.41 bits per heavy atom. The van der Waals surface area contributed by atoms with Crippen molar-refractivity contribution < 1.29 is 18.3 Å². The summed E-state index contributed by atoms with van der Waals surface area (Å²) in [7, 11) is -3.34. The first-order chi connectivity index (χ1) is 7.77. The Kier molecular flexibility index (Phi) is 4.21. The van der Waals surface area contributed by atoms with Crippen LogP contribution in [-0.2, 0) is 14.6 Å². The highest BCUT2D eigenvalue weighted by atomic mass is 32.2. The summed E-state index contributed by atoms with van der Waals surface area (Å²) in [5.41, 5.74) is 0.496.